The molecule has 9 aromatic carbocycles. The summed E-state index contributed by atoms with van der Waals surface area (Å²) < 4.78 is 2.46. The maximum absolute atomic E-state index is 2.46. The lowest BCUT2D eigenvalue weighted by Gasteiger charge is -2.27. The molecule has 0 amide bonds. The molecule has 0 N–H and O–H groups in total. The number of para-hydroxylation sites is 1. The zero-order valence-electron chi connectivity index (χ0n) is 27.8. The van der Waals surface area contributed by atoms with Crippen LogP contribution in [0.3, 0.4) is 0 Å². The van der Waals surface area contributed by atoms with Crippen molar-refractivity contribution in [2.45, 2.75) is 13.5 Å². The zero-order chi connectivity index (χ0) is 33.2. The van der Waals surface area contributed by atoms with Gasteiger partial charge in [-0.05, 0) is 116 Å². The summed E-state index contributed by atoms with van der Waals surface area (Å²) >= 11 is 0. The number of rotatable bonds is 5. The van der Waals surface area contributed by atoms with Gasteiger partial charge < -0.3 is 9.47 Å². The molecule has 0 saturated carbocycles. The molecule has 0 unspecified atom stereocenters. The van der Waals surface area contributed by atoms with Crippen LogP contribution in [0.1, 0.15) is 6.92 Å². The van der Waals surface area contributed by atoms with Crippen LogP contribution in [0, 0.1) is 0 Å². The van der Waals surface area contributed by atoms with Crippen LogP contribution in [0.25, 0.3) is 76.0 Å². The van der Waals surface area contributed by atoms with Crippen LogP contribution in [0.2, 0.25) is 0 Å². The molecule has 0 aliphatic rings. The predicted molar refractivity (Wildman–Crippen MR) is 215 cm³/mol. The largest absolute Gasteiger partial charge is 0.341 e. The molecule has 0 bridgehead atoms. The van der Waals surface area contributed by atoms with E-state index in [9.17, 15) is 0 Å². The van der Waals surface area contributed by atoms with Crippen LogP contribution in [0.4, 0.5) is 17.1 Å². The van der Waals surface area contributed by atoms with Gasteiger partial charge in [0, 0.05) is 45.4 Å². The van der Waals surface area contributed by atoms with Gasteiger partial charge in [-0.1, -0.05) is 121 Å². The molecule has 0 fully saturated rings. The van der Waals surface area contributed by atoms with E-state index in [0.717, 1.165) is 23.6 Å². The summed E-state index contributed by atoms with van der Waals surface area (Å²) in [5, 5.41) is 12.8. The number of aryl methyl sites for hydroxylation is 1. The Balaban J connectivity index is 1.23. The zero-order valence-corrected chi connectivity index (χ0v) is 27.8. The van der Waals surface area contributed by atoms with Crippen molar-refractivity contribution in [3.8, 4) is 11.1 Å². The lowest BCUT2D eigenvalue weighted by atomic mass is 9.92. The van der Waals surface area contributed by atoms with Gasteiger partial charge in [0.15, 0.2) is 0 Å². The first-order chi connectivity index (χ1) is 24.7. The number of hydrogen-bond donors (Lipinski definition) is 0. The Hall–Kier alpha value is -6.38. The second-order valence-corrected chi connectivity index (χ2v) is 13.2. The number of fused-ring (bicyclic) bond motifs is 10. The number of anilines is 3. The van der Waals surface area contributed by atoms with E-state index in [1.807, 2.05) is 0 Å². The summed E-state index contributed by atoms with van der Waals surface area (Å²) in [6.07, 6.45) is 0. The first kappa shape index (κ1) is 28.6. The van der Waals surface area contributed by atoms with Gasteiger partial charge in [-0.2, -0.15) is 0 Å². The Bertz CT molecular complexity index is 2900. The van der Waals surface area contributed by atoms with Crippen LogP contribution < -0.4 is 4.90 Å². The SMILES string of the molecule is CCn1c2ccccc2c2cc3c4ccc(N(c5ccc(-c6ccccc6)cc5)c5ccc6ccccc6c5)cc4c4ccccc4c3cc21. The molecule has 0 radical (unpaired) electrons. The monoisotopic (exact) mass is 638 g/mol. The molecule has 0 aliphatic heterocycles. The Kier molecular flexibility index (Phi) is 6.50. The highest BCUT2D eigenvalue weighted by molar-refractivity contribution is 6.29. The second-order valence-electron chi connectivity index (χ2n) is 13.2. The number of aromatic nitrogens is 1. The van der Waals surface area contributed by atoms with Crippen molar-refractivity contribution in [1.82, 2.24) is 4.57 Å². The van der Waals surface area contributed by atoms with Crippen LogP contribution in [-0.2, 0) is 6.54 Å². The van der Waals surface area contributed by atoms with E-state index in [0.29, 0.717) is 0 Å². The Morgan fingerprint density at radius 2 is 0.920 bits per heavy atom. The highest BCUT2D eigenvalue weighted by atomic mass is 15.1. The van der Waals surface area contributed by atoms with E-state index >= 15 is 0 Å². The fourth-order valence-electron chi connectivity index (χ4n) is 8.16. The Morgan fingerprint density at radius 1 is 0.360 bits per heavy atom. The molecule has 1 heterocycles. The van der Waals surface area contributed by atoms with Crippen molar-refractivity contribution in [2.24, 2.45) is 0 Å². The molecule has 236 valence electrons. The summed E-state index contributed by atoms with van der Waals surface area (Å²) in [5.74, 6) is 0. The maximum Gasteiger partial charge on any atom is 0.0497 e. The molecule has 0 saturated heterocycles. The van der Waals surface area contributed by atoms with Crippen molar-refractivity contribution < 1.29 is 0 Å². The normalized spacial score (nSPS) is 11.8. The number of hydrogen-bond acceptors (Lipinski definition) is 1. The van der Waals surface area contributed by atoms with Gasteiger partial charge in [0.2, 0.25) is 0 Å². The highest BCUT2D eigenvalue weighted by Gasteiger charge is 2.18. The van der Waals surface area contributed by atoms with E-state index in [-0.39, 0.29) is 0 Å². The average molecular weight is 639 g/mol. The van der Waals surface area contributed by atoms with Crippen molar-refractivity contribution in [1.29, 1.82) is 0 Å². The van der Waals surface area contributed by atoms with E-state index in [1.54, 1.807) is 0 Å². The smallest absolute Gasteiger partial charge is 0.0497 e. The standard InChI is InChI=1S/C48H34N2/c1-2-49-47-19-11-10-18-42(47)46-30-44-41-27-26-38(29-43(41)39-16-8-9-17-40(39)45(44)31-48(46)49)50(37-25-22-33-14-6-7-15-35(33)28-37)36-23-20-34(21-24-36)32-12-4-3-5-13-32/h3-31H,2H2,1H3. The second kappa shape index (κ2) is 11.4. The van der Waals surface area contributed by atoms with Crippen molar-refractivity contribution in [3.63, 3.8) is 0 Å². The van der Waals surface area contributed by atoms with Crippen LogP contribution in [-0.4, -0.2) is 4.57 Å². The van der Waals surface area contributed by atoms with Gasteiger partial charge in [-0.25, -0.2) is 0 Å². The van der Waals surface area contributed by atoms with Gasteiger partial charge in [0.1, 0.15) is 0 Å². The summed E-state index contributed by atoms with van der Waals surface area (Å²) in [6.45, 7) is 3.17. The Morgan fingerprint density at radius 3 is 1.70 bits per heavy atom. The van der Waals surface area contributed by atoms with E-state index in [2.05, 4.69) is 192 Å². The lowest BCUT2D eigenvalue weighted by molar-refractivity contribution is 0.827. The molecule has 10 rings (SSSR count). The fourth-order valence-corrected chi connectivity index (χ4v) is 8.16. The van der Waals surface area contributed by atoms with Gasteiger partial charge >= 0.3 is 0 Å². The molecule has 0 atom stereocenters. The third kappa shape index (κ3) is 4.42. The van der Waals surface area contributed by atoms with E-state index in [1.165, 1.54) is 76.0 Å². The summed E-state index contributed by atoms with van der Waals surface area (Å²) in [5.41, 5.74) is 8.40. The topological polar surface area (TPSA) is 8.17 Å². The quantitative estimate of drug-likeness (QED) is 0.170. The minimum atomic E-state index is 0.932. The van der Waals surface area contributed by atoms with Gasteiger partial charge in [0.05, 0.1) is 0 Å². The molecule has 10 aromatic rings. The van der Waals surface area contributed by atoms with Crippen LogP contribution in [0.15, 0.2) is 176 Å². The third-order valence-corrected chi connectivity index (χ3v) is 10.5. The van der Waals surface area contributed by atoms with Crippen molar-refractivity contribution >= 4 is 82.0 Å². The van der Waals surface area contributed by atoms with Gasteiger partial charge in [0.25, 0.3) is 0 Å². The summed E-state index contributed by atoms with van der Waals surface area (Å²) in [7, 11) is 0. The first-order valence-electron chi connectivity index (χ1n) is 17.5. The molecule has 50 heavy (non-hydrogen) atoms. The predicted octanol–water partition coefficient (Wildman–Crippen LogP) is 13.6. The molecule has 0 spiro atoms. The van der Waals surface area contributed by atoms with Gasteiger partial charge in [-0.15, -0.1) is 0 Å². The molecule has 2 heteroatoms. The Labute approximate surface area is 291 Å². The fraction of sp³-hybridized carbons (Fsp3) is 0.0417. The summed E-state index contributed by atoms with van der Waals surface area (Å²) in [6, 6.07) is 64.6. The van der Waals surface area contributed by atoms with Gasteiger partial charge in [-0.3, -0.25) is 0 Å². The third-order valence-electron chi connectivity index (χ3n) is 10.5. The molecular formula is C48H34N2. The first-order valence-corrected chi connectivity index (χ1v) is 17.5. The summed E-state index contributed by atoms with van der Waals surface area (Å²) in [4.78, 5) is 2.40. The highest BCUT2D eigenvalue weighted by Crippen LogP contribution is 2.43. The van der Waals surface area contributed by atoms with Crippen molar-refractivity contribution in [3.05, 3.63) is 176 Å². The molecular weight excluding hydrogens is 605 g/mol. The average Bonchev–Trinajstić information content (AvgIpc) is 3.50. The van der Waals surface area contributed by atoms with E-state index in [4.69, 9.17) is 0 Å². The van der Waals surface area contributed by atoms with Crippen LogP contribution in [0.5, 0.6) is 0 Å². The minimum Gasteiger partial charge on any atom is -0.341 e. The molecule has 0 aliphatic carbocycles. The number of nitrogens with zero attached hydrogens (tertiary/aromatic N) is 2. The van der Waals surface area contributed by atoms with Crippen LogP contribution >= 0.6 is 0 Å². The maximum atomic E-state index is 2.46. The van der Waals surface area contributed by atoms with E-state index < -0.39 is 0 Å². The minimum absolute atomic E-state index is 0.932. The lowest BCUT2D eigenvalue weighted by Crippen LogP contribution is -2.10. The number of benzene rings is 9. The molecule has 2 nitrogen and oxygen atoms in total. The van der Waals surface area contributed by atoms with Crippen molar-refractivity contribution in [2.75, 3.05) is 4.90 Å². The molecule has 1 aromatic heterocycles.